The van der Waals surface area contributed by atoms with Crippen molar-refractivity contribution in [3.63, 3.8) is 0 Å². The largest absolute Gasteiger partial charge is 0.362 e. The Bertz CT molecular complexity index is 964. The molecule has 1 heterocycles. The molecule has 130 valence electrons. The molecule has 4 rings (SSSR count). The van der Waals surface area contributed by atoms with E-state index in [1.807, 2.05) is 24.3 Å². The van der Waals surface area contributed by atoms with Gasteiger partial charge in [-0.05, 0) is 46.9 Å². The number of hydrazone groups is 1. The zero-order chi connectivity index (χ0) is 17.8. The highest BCUT2D eigenvalue weighted by Crippen LogP contribution is 2.26. The molecule has 3 aromatic rings. The Morgan fingerprint density at radius 3 is 2.77 bits per heavy atom. The fourth-order valence-corrected chi connectivity index (χ4v) is 3.45. The van der Waals surface area contributed by atoms with E-state index in [-0.39, 0.29) is 5.91 Å². The molecule has 1 N–H and O–H groups in total. The maximum absolute atomic E-state index is 12.3. The van der Waals surface area contributed by atoms with Gasteiger partial charge in [0.1, 0.15) is 0 Å². The standard InChI is InChI=1S/C22H21N3O/c26-22(16-25-13-5-9-19-7-3-4-10-21(19)25)24-23-15-17-11-12-18-6-1-2-8-20(18)14-17/h1-4,6-8,10-12,14-15H,5,9,13,16H2,(H,24,26)/b23-15+. The molecule has 1 amide bonds. The third-order valence-corrected chi connectivity index (χ3v) is 4.72. The van der Waals surface area contributed by atoms with Gasteiger partial charge in [0, 0.05) is 12.2 Å². The van der Waals surface area contributed by atoms with Crippen LogP contribution < -0.4 is 10.3 Å². The van der Waals surface area contributed by atoms with Crippen molar-refractivity contribution in [2.45, 2.75) is 12.8 Å². The molecule has 1 aliphatic rings. The van der Waals surface area contributed by atoms with E-state index in [1.165, 1.54) is 10.9 Å². The molecule has 1 aliphatic heterocycles. The Morgan fingerprint density at radius 2 is 1.85 bits per heavy atom. The average molecular weight is 343 g/mol. The van der Waals surface area contributed by atoms with Crippen LogP contribution in [0.3, 0.4) is 0 Å². The van der Waals surface area contributed by atoms with Crippen LogP contribution in [0, 0.1) is 0 Å². The lowest BCUT2D eigenvalue weighted by atomic mass is 10.0. The van der Waals surface area contributed by atoms with Crippen molar-refractivity contribution in [3.8, 4) is 0 Å². The number of anilines is 1. The summed E-state index contributed by atoms with van der Waals surface area (Å²) in [7, 11) is 0. The fourth-order valence-electron chi connectivity index (χ4n) is 3.45. The van der Waals surface area contributed by atoms with Crippen molar-refractivity contribution >= 4 is 28.6 Å². The van der Waals surface area contributed by atoms with E-state index in [9.17, 15) is 4.79 Å². The van der Waals surface area contributed by atoms with Crippen molar-refractivity contribution in [1.82, 2.24) is 5.43 Å². The van der Waals surface area contributed by atoms with Gasteiger partial charge in [0.25, 0.3) is 5.91 Å². The number of amides is 1. The van der Waals surface area contributed by atoms with Crippen molar-refractivity contribution in [1.29, 1.82) is 0 Å². The smallest absolute Gasteiger partial charge is 0.259 e. The first-order valence-corrected chi connectivity index (χ1v) is 8.93. The van der Waals surface area contributed by atoms with E-state index in [2.05, 4.69) is 57.9 Å². The van der Waals surface area contributed by atoms with Gasteiger partial charge < -0.3 is 4.90 Å². The Morgan fingerprint density at radius 1 is 1.04 bits per heavy atom. The predicted molar refractivity (Wildman–Crippen MR) is 107 cm³/mol. The van der Waals surface area contributed by atoms with Crippen LogP contribution >= 0.6 is 0 Å². The molecule has 26 heavy (non-hydrogen) atoms. The monoisotopic (exact) mass is 343 g/mol. The van der Waals surface area contributed by atoms with Crippen LogP contribution in [0.2, 0.25) is 0 Å². The highest BCUT2D eigenvalue weighted by Gasteiger charge is 2.18. The molecule has 0 atom stereocenters. The Hall–Kier alpha value is -3.14. The molecular weight excluding hydrogens is 322 g/mol. The summed E-state index contributed by atoms with van der Waals surface area (Å²) in [5.74, 6) is -0.0984. The summed E-state index contributed by atoms with van der Waals surface area (Å²) >= 11 is 0. The van der Waals surface area contributed by atoms with Gasteiger partial charge in [-0.2, -0.15) is 5.10 Å². The summed E-state index contributed by atoms with van der Waals surface area (Å²) in [6.07, 6.45) is 3.84. The minimum absolute atomic E-state index is 0.0984. The van der Waals surface area contributed by atoms with Crippen molar-refractivity contribution in [2.24, 2.45) is 5.10 Å². The van der Waals surface area contributed by atoms with Crippen LogP contribution in [-0.2, 0) is 11.2 Å². The molecule has 0 bridgehead atoms. The molecule has 0 fully saturated rings. The third kappa shape index (κ3) is 3.59. The molecule has 0 saturated heterocycles. The topological polar surface area (TPSA) is 44.7 Å². The molecule has 4 nitrogen and oxygen atoms in total. The minimum Gasteiger partial charge on any atom is -0.362 e. The minimum atomic E-state index is -0.0984. The summed E-state index contributed by atoms with van der Waals surface area (Å²) in [5, 5.41) is 6.47. The number of carbonyl (C=O) groups excluding carboxylic acids is 1. The first-order chi connectivity index (χ1) is 12.8. The zero-order valence-corrected chi connectivity index (χ0v) is 14.6. The summed E-state index contributed by atoms with van der Waals surface area (Å²) in [6.45, 7) is 1.23. The van der Waals surface area contributed by atoms with E-state index >= 15 is 0 Å². The quantitative estimate of drug-likeness (QED) is 0.579. The maximum Gasteiger partial charge on any atom is 0.259 e. The van der Waals surface area contributed by atoms with E-state index in [0.29, 0.717) is 6.54 Å². The lowest BCUT2D eigenvalue weighted by molar-refractivity contribution is -0.119. The number of carbonyl (C=O) groups is 1. The van der Waals surface area contributed by atoms with Gasteiger partial charge in [-0.15, -0.1) is 0 Å². The third-order valence-electron chi connectivity index (χ3n) is 4.72. The van der Waals surface area contributed by atoms with Crippen molar-refractivity contribution in [2.75, 3.05) is 18.0 Å². The molecule has 3 aromatic carbocycles. The van der Waals surface area contributed by atoms with Crippen LogP contribution in [0.4, 0.5) is 5.69 Å². The van der Waals surface area contributed by atoms with Gasteiger partial charge in [0.2, 0.25) is 0 Å². The second kappa shape index (κ2) is 7.40. The number of hydrogen-bond acceptors (Lipinski definition) is 3. The van der Waals surface area contributed by atoms with Crippen LogP contribution in [-0.4, -0.2) is 25.2 Å². The van der Waals surface area contributed by atoms with Gasteiger partial charge in [0.15, 0.2) is 0 Å². The van der Waals surface area contributed by atoms with E-state index in [1.54, 1.807) is 6.21 Å². The summed E-state index contributed by atoms with van der Waals surface area (Å²) in [5.41, 5.74) is 6.08. The molecule has 0 aliphatic carbocycles. The van der Waals surface area contributed by atoms with Crippen LogP contribution in [0.5, 0.6) is 0 Å². The highest BCUT2D eigenvalue weighted by molar-refractivity contribution is 5.91. The number of aryl methyl sites for hydroxylation is 1. The summed E-state index contributed by atoms with van der Waals surface area (Å²) in [4.78, 5) is 14.4. The normalized spacial score (nSPS) is 13.8. The number of nitrogens with zero attached hydrogens (tertiary/aromatic N) is 2. The molecule has 4 heteroatoms. The first-order valence-electron chi connectivity index (χ1n) is 8.93. The summed E-state index contributed by atoms with van der Waals surface area (Å²) in [6, 6.07) is 22.6. The van der Waals surface area contributed by atoms with Crippen LogP contribution in [0.1, 0.15) is 17.5 Å². The van der Waals surface area contributed by atoms with Gasteiger partial charge >= 0.3 is 0 Å². The first kappa shape index (κ1) is 16.3. The fraction of sp³-hybridized carbons (Fsp3) is 0.182. The molecular formula is C22H21N3O. The van der Waals surface area contributed by atoms with Crippen LogP contribution in [0.25, 0.3) is 10.8 Å². The molecule has 0 saturated carbocycles. The van der Waals surface area contributed by atoms with Gasteiger partial charge in [-0.3, -0.25) is 4.79 Å². The van der Waals surface area contributed by atoms with Crippen molar-refractivity contribution < 1.29 is 4.79 Å². The molecule has 0 spiro atoms. The molecule has 0 radical (unpaired) electrons. The predicted octanol–water partition coefficient (Wildman–Crippen LogP) is 3.74. The maximum atomic E-state index is 12.3. The number of benzene rings is 3. The zero-order valence-electron chi connectivity index (χ0n) is 14.6. The lowest BCUT2D eigenvalue weighted by Crippen LogP contribution is -2.38. The molecule has 0 aromatic heterocycles. The Kier molecular flexibility index (Phi) is 4.65. The second-order valence-electron chi connectivity index (χ2n) is 6.55. The van der Waals surface area contributed by atoms with E-state index in [4.69, 9.17) is 0 Å². The Balaban J connectivity index is 1.38. The van der Waals surface area contributed by atoms with Gasteiger partial charge in [-0.1, -0.05) is 54.6 Å². The number of para-hydroxylation sites is 1. The second-order valence-corrected chi connectivity index (χ2v) is 6.55. The van der Waals surface area contributed by atoms with E-state index < -0.39 is 0 Å². The highest BCUT2D eigenvalue weighted by atomic mass is 16.2. The Labute approximate surface area is 153 Å². The molecule has 0 unspecified atom stereocenters. The van der Waals surface area contributed by atoms with Crippen LogP contribution in [0.15, 0.2) is 71.8 Å². The van der Waals surface area contributed by atoms with Gasteiger partial charge in [-0.25, -0.2) is 5.43 Å². The number of rotatable bonds is 4. The number of hydrogen-bond donors (Lipinski definition) is 1. The summed E-state index contributed by atoms with van der Waals surface area (Å²) < 4.78 is 0. The van der Waals surface area contributed by atoms with E-state index in [0.717, 1.165) is 36.0 Å². The van der Waals surface area contributed by atoms with Gasteiger partial charge in [0.05, 0.1) is 12.8 Å². The van der Waals surface area contributed by atoms with Crippen molar-refractivity contribution in [3.05, 3.63) is 77.9 Å². The SMILES string of the molecule is O=C(CN1CCCc2ccccc21)N/N=C/c1ccc2ccccc2c1. The number of fused-ring (bicyclic) bond motifs is 2. The average Bonchev–Trinajstić information content (AvgIpc) is 2.68. The number of nitrogens with one attached hydrogen (secondary N) is 1. The lowest BCUT2D eigenvalue weighted by Gasteiger charge is -2.30.